The van der Waals surface area contributed by atoms with Crippen LogP contribution in [0.4, 0.5) is 0 Å². The minimum Gasteiger partial charge on any atom is -0.311 e. The second kappa shape index (κ2) is 7.41. The van der Waals surface area contributed by atoms with E-state index < -0.39 is 0 Å². The van der Waals surface area contributed by atoms with Crippen molar-refractivity contribution in [2.75, 3.05) is 20.1 Å². The van der Waals surface area contributed by atoms with E-state index in [1.54, 1.807) is 0 Å². The Bertz CT molecular complexity index is 325. The molecule has 0 bridgehead atoms. The Morgan fingerprint density at radius 3 is 2.82 bits per heavy atom. The van der Waals surface area contributed by atoms with E-state index in [1.165, 1.54) is 17.5 Å². The van der Waals surface area contributed by atoms with Gasteiger partial charge in [-0.2, -0.15) is 0 Å². The molecule has 17 heavy (non-hydrogen) atoms. The lowest BCUT2D eigenvalue weighted by Gasteiger charge is -2.23. The number of rotatable bonds is 7. The molecule has 1 heterocycles. The monoisotopic (exact) mass is 235 g/mol. The Labute approximate surface area is 105 Å². The SMILES string of the molecule is CCC(C)N(C)CCNCc1cncc(C)c1. The van der Waals surface area contributed by atoms with Gasteiger partial charge in [0, 0.05) is 38.1 Å². The third-order valence-electron chi connectivity index (χ3n) is 3.25. The van der Waals surface area contributed by atoms with E-state index in [9.17, 15) is 0 Å². The smallest absolute Gasteiger partial charge is 0.0313 e. The Morgan fingerprint density at radius 1 is 1.41 bits per heavy atom. The maximum atomic E-state index is 4.19. The van der Waals surface area contributed by atoms with Gasteiger partial charge in [0.2, 0.25) is 0 Å². The summed E-state index contributed by atoms with van der Waals surface area (Å²) in [5.41, 5.74) is 2.48. The summed E-state index contributed by atoms with van der Waals surface area (Å²) in [7, 11) is 2.18. The van der Waals surface area contributed by atoms with Gasteiger partial charge in [0.25, 0.3) is 0 Å². The van der Waals surface area contributed by atoms with Crippen molar-refractivity contribution in [3.63, 3.8) is 0 Å². The molecule has 1 aromatic rings. The lowest BCUT2D eigenvalue weighted by atomic mass is 10.2. The van der Waals surface area contributed by atoms with Crippen LogP contribution in [0.3, 0.4) is 0 Å². The number of pyridine rings is 1. The lowest BCUT2D eigenvalue weighted by Crippen LogP contribution is -2.34. The van der Waals surface area contributed by atoms with Crippen LogP contribution >= 0.6 is 0 Å². The predicted octanol–water partition coefficient (Wildman–Crippen LogP) is 2.21. The first kappa shape index (κ1) is 14.1. The van der Waals surface area contributed by atoms with Crippen LogP contribution < -0.4 is 5.32 Å². The van der Waals surface area contributed by atoms with Crippen LogP contribution in [0.5, 0.6) is 0 Å². The van der Waals surface area contributed by atoms with Crippen molar-refractivity contribution in [2.45, 2.75) is 39.8 Å². The predicted molar refractivity (Wildman–Crippen MR) is 73.1 cm³/mol. The molecular weight excluding hydrogens is 210 g/mol. The number of nitrogens with one attached hydrogen (secondary N) is 1. The van der Waals surface area contributed by atoms with Crippen LogP contribution in [0.1, 0.15) is 31.4 Å². The summed E-state index contributed by atoms with van der Waals surface area (Å²) in [5.74, 6) is 0. The zero-order valence-corrected chi connectivity index (χ0v) is 11.5. The molecule has 0 saturated heterocycles. The highest BCUT2D eigenvalue weighted by molar-refractivity contribution is 5.16. The van der Waals surface area contributed by atoms with E-state index in [0.717, 1.165) is 19.6 Å². The van der Waals surface area contributed by atoms with E-state index in [0.29, 0.717) is 6.04 Å². The summed E-state index contributed by atoms with van der Waals surface area (Å²) in [5, 5.41) is 3.46. The van der Waals surface area contributed by atoms with Gasteiger partial charge in [0.1, 0.15) is 0 Å². The molecule has 0 fully saturated rings. The standard InChI is InChI=1S/C14H25N3/c1-5-13(3)17(4)7-6-15-10-14-8-12(2)9-16-11-14/h8-9,11,13,15H,5-7,10H2,1-4H3. The zero-order valence-electron chi connectivity index (χ0n) is 11.5. The minimum atomic E-state index is 0.664. The van der Waals surface area contributed by atoms with Crippen molar-refractivity contribution in [1.29, 1.82) is 0 Å². The van der Waals surface area contributed by atoms with Crippen molar-refractivity contribution in [1.82, 2.24) is 15.2 Å². The molecule has 0 spiro atoms. The van der Waals surface area contributed by atoms with Gasteiger partial charge in [0.15, 0.2) is 0 Å². The second-order valence-electron chi connectivity index (χ2n) is 4.79. The molecule has 0 aliphatic carbocycles. The second-order valence-corrected chi connectivity index (χ2v) is 4.79. The normalized spacial score (nSPS) is 13.0. The molecule has 0 aliphatic rings. The molecule has 0 aliphatic heterocycles. The van der Waals surface area contributed by atoms with Crippen molar-refractivity contribution in [2.24, 2.45) is 0 Å². The van der Waals surface area contributed by atoms with Crippen LogP contribution in [0.25, 0.3) is 0 Å². The van der Waals surface area contributed by atoms with Gasteiger partial charge in [-0.1, -0.05) is 13.0 Å². The number of aromatic nitrogens is 1. The van der Waals surface area contributed by atoms with Crippen molar-refractivity contribution in [3.8, 4) is 0 Å². The molecular formula is C14H25N3. The summed E-state index contributed by atoms with van der Waals surface area (Å²) >= 11 is 0. The van der Waals surface area contributed by atoms with E-state index in [2.05, 4.69) is 49.1 Å². The fraction of sp³-hybridized carbons (Fsp3) is 0.643. The summed E-state index contributed by atoms with van der Waals surface area (Å²) in [4.78, 5) is 6.58. The van der Waals surface area contributed by atoms with Crippen LogP contribution in [0.2, 0.25) is 0 Å². The summed E-state index contributed by atoms with van der Waals surface area (Å²) in [6.45, 7) is 9.59. The highest BCUT2D eigenvalue weighted by Crippen LogP contribution is 2.01. The highest BCUT2D eigenvalue weighted by Gasteiger charge is 2.05. The first-order valence-corrected chi connectivity index (χ1v) is 6.45. The quantitative estimate of drug-likeness (QED) is 0.734. The topological polar surface area (TPSA) is 28.2 Å². The molecule has 1 N–H and O–H groups in total. The van der Waals surface area contributed by atoms with Crippen molar-refractivity contribution >= 4 is 0 Å². The summed E-state index contributed by atoms with van der Waals surface area (Å²) < 4.78 is 0. The average Bonchev–Trinajstić information content (AvgIpc) is 2.33. The Morgan fingerprint density at radius 2 is 2.18 bits per heavy atom. The van der Waals surface area contributed by atoms with E-state index in [4.69, 9.17) is 0 Å². The first-order valence-electron chi connectivity index (χ1n) is 6.45. The van der Waals surface area contributed by atoms with Gasteiger partial charge in [-0.3, -0.25) is 4.98 Å². The van der Waals surface area contributed by atoms with Crippen LogP contribution in [0, 0.1) is 6.92 Å². The lowest BCUT2D eigenvalue weighted by molar-refractivity contribution is 0.251. The molecule has 1 aromatic heterocycles. The maximum absolute atomic E-state index is 4.19. The number of hydrogen-bond acceptors (Lipinski definition) is 3. The number of hydrogen-bond donors (Lipinski definition) is 1. The molecule has 96 valence electrons. The van der Waals surface area contributed by atoms with Gasteiger partial charge < -0.3 is 10.2 Å². The van der Waals surface area contributed by atoms with E-state index in [1.807, 2.05) is 12.4 Å². The Hall–Kier alpha value is -0.930. The van der Waals surface area contributed by atoms with Crippen LogP contribution in [-0.2, 0) is 6.54 Å². The third kappa shape index (κ3) is 5.29. The van der Waals surface area contributed by atoms with Gasteiger partial charge in [0.05, 0.1) is 0 Å². The molecule has 3 heteroatoms. The molecule has 1 unspecified atom stereocenters. The molecule has 0 amide bonds. The third-order valence-corrected chi connectivity index (χ3v) is 3.25. The van der Waals surface area contributed by atoms with Crippen molar-refractivity contribution in [3.05, 3.63) is 29.6 Å². The molecule has 0 radical (unpaired) electrons. The van der Waals surface area contributed by atoms with Gasteiger partial charge in [-0.05, 0) is 38.4 Å². The number of aryl methyl sites for hydroxylation is 1. The summed E-state index contributed by atoms with van der Waals surface area (Å²) in [6, 6.07) is 2.84. The van der Waals surface area contributed by atoms with E-state index >= 15 is 0 Å². The highest BCUT2D eigenvalue weighted by atomic mass is 15.1. The molecule has 0 saturated carbocycles. The van der Waals surface area contributed by atoms with E-state index in [-0.39, 0.29) is 0 Å². The Balaban J connectivity index is 2.20. The van der Waals surface area contributed by atoms with Crippen molar-refractivity contribution < 1.29 is 0 Å². The van der Waals surface area contributed by atoms with Gasteiger partial charge >= 0.3 is 0 Å². The van der Waals surface area contributed by atoms with Gasteiger partial charge in [-0.25, -0.2) is 0 Å². The number of likely N-dealkylation sites (N-methyl/N-ethyl adjacent to an activating group) is 1. The molecule has 1 rings (SSSR count). The minimum absolute atomic E-state index is 0.664. The summed E-state index contributed by atoms with van der Waals surface area (Å²) in [6.07, 6.45) is 5.02. The largest absolute Gasteiger partial charge is 0.311 e. The van der Waals surface area contributed by atoms with Crippen LogP contribution in [0.15, 0.2) is 18.5 Å². The molecule has 0 aromatic carbocycles. The molecule has 3 nitrogen and oxygen atoms in total. The maximum Gasteiger partial charge on any atom is 0.0313 e. The fourth-order valence-electron chi connectivity index (χ4n) is 1.73. The average molecular weight is 235 g/mol. The number of nitrogens with zero attached hydrogens (tertiary/aromatic N) is 2. The first-order chi connectivity index (χ1) is 8.13. The Kier molecular flexibility index (Phi) is 6.16. The molecule has 1 atom stereocenters. The van der Waals surface area contributed by atoms with Gasteiger partial charge in [-0.15, -0.1) is 0 Å². The fourth-order valence-corrected chi connectivity index (χ4v) is 1.73. The van der Waals surface area contributed by atoms with Crippen LogP contribution in [-0.4, -0.2) is 36.1 Å². The zero-order chi connectivity index (χ0) is 12.7.